The summed E-state index contributed by atoms with van der Waals surface area (Å²) in [5, 5.41) is 5.69. The second-order valence-corrected chi connectivity index (χ2v) is 6.58. The van der Waals surface area contributed by atoms with Crippen molar-refractivity contribution in [1.82, 2.24) is 10.3 Å². The molecule has 2 atom stereocenters. The number of nitrogens with zero attached hydrogens (tertiary/aromatic N) is 1. The van der Waals surface area contributed by atoms with Gasteiger partial charge in [0.15, 0.2) is 0 Å². The Labute approximate surface area is 131 Å². The molecule has 3 nitrogen and oxygen atoms in total. The summed E-state index contributed by atoms with van der Waals surface area (Å²) in [5.74, 6) is 0.956. The Morgan fingerprint density at radius 3 is 3.15 bits per heavy atom. The number of rotatable bonds is 4. The van der Waals surface area contributed by atoms with Gasteiger partial charge in [-0.3, -0.25) is 0 Å². The van der Waals surface area contributed by atoms with Crippen molar-refractivity contribution in [3.63, 3.8) is 0 Å². The number of fused-ring (bicyclic) bond motifs is 1. The highest BCUT2D eigenvalue weighted by Gasteiger charge is 2.30. The van der Waals surface area contributed by atoms with E-state index in [4.69, 9.17) is 4.74 Å². The van der Waals surface area contributed by atoms with E-state index in [9.17, 15) is 0 Å². The predicted molar refractivity (Wildman–Crippen MR) is 85.3 cm³/mol. The van der Waals surface area contributed by atoms with E-state index in [1.54, 1.807) is 11.3 Å². The van der Waals surface area contributed by atoms with Gasteiger partial charge in [-0.1, -0.05) is 28.9 Å². The van der Waals surface area contributed by atoms with Gasteiger partial charge < -0.3 is 10.1 Å². The van der Waals surface area contributed by atoms with Crippen molar-refractivity contribution in [2.24, 2.45) is 0 Å². The van der Waals surface area contributed by atoms with Crippen LogP contribution in [0.3, 0.4) is 0 Å². The number of halogens is 1. The SMILES string of the molecule is CCCNC1CC(c2cscn2)Oc2cc(Br)ccc21. The van der Waals surface area contributed by atoms with Crippen molar-refractivity contribution >= 4 is 27.3 Å². The minimum atomic E-state index is 0.0393. The Morgan fingerprint density at radius 1 is 1.50 bits per heavy atom. The molecule has 3 rings (SSSR count). The van der Waals surface area contributed by atoms with Crippen LogP contribution in [0, 0.1) is 0 Å². The number of hydrogen-bond donors (Lipinski definition) is 1. The molecule has 0 bridgehead atoms. The Bertz CT molecular complexity index is 573. The lowest BCUT2D eigenvalue weighted by Crippen LogP contribution is -2.29. The van der Waals surface area contributed by atoms with E-state index < -0.39 is 0 Å². The minimum absolute atomic E-state index is 0.0393. The van der Waals surface area contributed by atoms with Crippen LogP contribution < -0.4 is 10.1 Å². The molecule has 5 heteroatoms. The molecular formula is C15H17BrN2OS. The maximum absolute atomic E-state index is 6.14. The standard InChI is InChI=1S/C15H17BrN2OS/c1-2-5-17-12-7-15(13-8-20-9-18-13)19-14-6-10(16)3-4-11(12)14/h3-4,6,8-9,12,15,17H,2,5,7H2,1H3. The van der Waals surface area contributed by atoms with E-state index in [2.05, 4.69) is 56.7 Å². The number of hydrogen-bond acceptors (Lipinski definition) is 4. The molecule has 2 heterocycles. The molecule has 1 aromatic heterocycles. The lowest BCUT2D eigenvalue weighted by atomic mass is 9.95. The van der Waals surface area contributed by atoms with Crippen molar-refractivity contribution in [2.75, 3.05) is 6.54 Å². The predicted octanol–water partition coefficient (Wildman–Crippen LogP) is 4.47. The van der Waals surface area contributed by atoms with E-state index in [1.807, 2.05) is 5.51 Å². The topological polar surface area (TPSA) is 34.2 Å². The molecule has 0 amide bonds. The van der Waals surface area contributed by atoms with E-state index in [0.717, 1.165) is 35.3 Å². The molecule has 0 spiro atoms. The van der Waals surface area contributed by atoms with Crippen LogP contribution in [0.25, 0.3) is 0 Å². The second kappa shape index (κ2) is 6.24. The van der Waals surface area contributed by atoms with Gasteiger partial charge in [-0.25, -0.2) is 4.98 Å². The Morgan fingerprint density at radius 2 is 2.40 bits per heavy atom. The monoisotopic (exact) mass is 352 g/mol. The first kappa shape index (κ1) is 14.0. The normalized spacial score (nSPS) is 21.3. The first-order valence-electron chi connectivity index (χ1n) is 6.85. The van der Waals surface area contributed by atoms with Gasteiger partial charge in [0.05, 0.1) is 11.2 Å². The maximum atomic E-state index is 6.14. The van der Waals surface area contributed by atoms with Crippen LogP contribution in [-0.4, -0.2) is 11.5 Å². The summed E-state index contributed by atoms with van der Waals surface area (Å²) in [4.78, 5) is 4.40. The fourth-order valence-electron chi connectivity index (χ4n) is 2.51. The van der Waals surface area contributed by atoms with Crippen LogP contribution in [0.5, 0.6) is 5.75 Å². The zero-order valence-corrected chi connectivity index (χ0v) is 13.7. The molecule has 0 saturated heterocycles. The number of thiazole rings is 1. The van der Waals surface area contributed by atoms with E-state index in [0.29, 0.717) is 6.04 Å². The number of ether oxygens (including phenoxy) is 1. The third-order valence-electron chi connectivity index (χ3n) is 3.49. The Balaban J connectivity index is 1.90. The first-order chi connectivity index (χ1) is 9.78. The molecule has 1 aliphatic heterocycles. The molecule has 20 heavy (non-hydrogen) atoms. The Hall–Kier alpha value is -0.910. The molecular weight excluding hydrogens is 336 g/mol. The summed E-state index contributed by atoms with van der Waals surface area (Å²) in [6, 6.07) is 6.60. The molecule has 0 radical (unpaired) electrons. The largest absolute Gasteiger partial charge is 0.484 e. The van der Waals surface area contributed by atoms with E-state index >= 15 is 0 Å². The van der Waals surface area contributed by atoms with Crippen LogP contribution in [-0.2, 0) is 0 Å². The van der Waals surface area contributed by atoms with Gasteiger partial charge in [-0.05, 0) is 25.1 Å². The molecule has 0 saturated carbocycles. The minimum Gasteiger partial charge on any atom is -0.484 e. The van der Waals surface area contributed by atoms with Crippen LogP contribution in [0.4, 0.5) is 0 Å². The molecule has 0 fully saturated rings. The van der Waals surface area contributed by atoms with Gasteiger partial charge in [0.25, 0.3) is 0 Å². The second-order valence-electron chi connectivity index (χ2n) is 4.94. The van der Waals surface area contributed by atoms with Crippen LogP contribution in [0.15, 0.2) is 33.6 Å². The molecule has 1 N–H and O–H groups in total. The van der Waals surface area contributed by atoms with E-state index in [1.165, 1.54) is 5.56 Å². The fourth-order valence-corrected chi connectivity index (χ4v) is 3.45. The van der Waals surface area contributed by atoms with Crippen molar-refractivity contribution in [3.8, 4) is 5.75 Å². The van der Waals surface area contributed by atoms with Gasteiger partial charge in [-0.15, -0.1) is 11.3 Å². The molecule has 2 unspecified atom stereocenters. The summed E-state index contributed by atoms with van der Waals surface area (Å²) in [6.07, 6.45) is 2.10. The van der Waals surface area contributed by atoms with Crippen LogP contribution in [0.1, 0.15) is 43.2 Å². The van der Waals surface area contributed by atoms with Crippen LogP contribution >= 0.6 is 27.3 Å². The average Bonchev–Trinajstić information content (AvgIpc) is 2.98. The number of benzene rings is 1. The third kappa shape index (κ3) is 2.90. The van der Waals surface area contributed by atoms with Gasteiger partial charge in [0, 0.05) is 27.9 Å². The number of aromatic nitrogens is 1. The van der Waals surface area contributed by atoms with Gasteiger partial charge >= 0.3 is 0 Å². The summed E-state index contributed by atoms with van der Waals surface area (Å²) in [5.41, 5.74) is 4.14. The molecule has 0 aliphatic carbocycles. The number of nitrogens with one attached hydrogen (secondary N) is 1. The summed E-state index contributed by atoms with van der Waals surface area (Å²) in [6.45, 7) is 3.21. The maximum Gasteiger partial charge on any atom is 0.143 e. The molecule has 1 aliphatic rings. The summed E-state index contributed by atoms with van der Waals surface area (Å²) >= 11 is 5.13. The molecule has 1 aromatic carbocycles. The van der Waals surface area contributed by atoms with Crippen molar-refractivity contribution < 1.29 is 4.74 Å². The zero-order chi connectivity index (χ0) is 13.9. The van der Waals surface area contributed by atoms with Gasteiger partial charge in [0.2, 0.25) is 0 Å². The lowest BCUT2D eigenvalue weighted by molar-refractivity contribution is 0.148. The highest BCUT2D eigenvalue weighted by atomic mass is 79.9. The Kier molecular flexibility index (Phi) is 4.38. The quantitative estimate of drug-likeness (QED) is 0.881. The third-order valence-corrected chi connectivity index (χ3v) is 4.59. The van der Waals surface area contributed by atoms with Crippen molar-refractivity contribution in [3.05, 3.63) is 44.8 Å². The lowest BCUT2D eigenvalue weighted by Gasteiger charge is -2.32. The zero-order valence-electron chi connectivity index (χ0n) is 11.3. The highest BCUT2D eigenvalue weighted by Crippen LogP contribution is 2.41. The van der Waals surface area contributed by atoms with Crippen LogP contribution in [0.2, 0.25) is 0 Å². The van der Waals surface area contributed by atoms with Crippen molar-refractivity contribution in [1.29, 1.82) is 0 Å². The molecule has 2 aromatic rings. The van der Waals surface area contributed by atoms with E-state index in [-0.39, 0.29) is 6.10 Å². The molecule has 106 valence electrons. The first-order valence-corrected chi connectivity index (χ1v) is 8.59. The summed E-state index contributed by atoms with van der Waals surface area (Å²) < 4.78 is 7.19. The fraction of sp³-hybridized carbons (Fsp3) is 0.400. The summed E-state index contributed by atoms with van der Waals surface area (Å²) in [7, 11) is 0. The van der Waals surface area contributed by atoms with Crippen molar-refractivity contribution in [2.45, 2.75) is 31.9 Å². The highest BCUT2D eigenvalue weighted by molar-refractivity contribution is 9.10. The van der Waals surface area contributed by atoms with Gasteiger partial charge in [-0.2, -0.15) is 0 Å². The average molecular weight is 353 g/mol. The van der Waals surface area contributed by atoms with Gasteiger partial charge in [0.1, 0.15) is 11.9 Å². The smallest absolute Gasteiger partial charge is 0.143 e.